The number of hydrogen-bond acceptors (Lipinski definition) is 3. The molecule has 0 bridgehead atoms. The summed E-state index contributed by atoms with van der Waals surface area (Å²) in [5.74, 6) is -0.285. The van der Waals surface area contributed by atoms with Gasteiger partial charge in [-0.25, -0.2) is 4.98 Å². The summed E-state index contributed by atoms with van der Waals surface area (Å²) in [5.41, 5.74) is 5.80. The Kier molecular flexibility index (Phi) is 3.66. The molecule has 2 aromatic carbocycles. The normalized spacial score (nSPS) is 17.4. The van der Waals surface area contributed by atoms with Crippen LogP contribution in [-0.4, -0.2) is 16.8 Å². The Morgan fingerprint density at radius 3 is 1.57 bits per heavy atom. The molecular formula is C23H15N3O2. The van der Waals surface area contributed by atoms with Crippen LogP contribution in [-0.2, 0) is 9.59 Å². The first kappa shape index (κ1) is 16.2. The second-order valence-corrected chi connectivity index (χ2v) is 6.60. The molecule has 0 radical (unpaired) electrons. The molecule has 0 fully saturated rings. The van der Waals surface area contributed by atoms with Crippen molar-refractivity contribution in [1.82, 2.24) is 4.98 Å². The van der Waals surface area contributed by atoms with Crippen molar-refractivity contribution in [3.05, 3.63) is 89.2 Å². The van der Waals surface area contributed by atoms with E-state index in [4.69, 9.17) is 0 Å². The number of hydrogen-bond donors (Lipinski definition) is 2. The molecule has 0 aliphatic carbocycles. The molecule has 3 aromatic rings. The van der Waals surface area contributed by atoms with Crippen LogP contribution in [0.25, 0.3) is 23.3 Å². The lowest BCUT2D eigenvalue weighted by atomic mass is 10.0. The average molecular weight is 365 g/mol. The summed E-state index contributed by atoms with van der Waals surface area (Å²) in [7, 11) is 0. The highest BCUT2D eigenvalue weighted by molar-refractivity contribution is 6.35. The van der Waals surface area contributed by atoms with Gasteiger partial charge in [0.15, 0.2) is 0 Å². The molecule has 2 aliphatic heterocycles. The number of rotatable bonds is 2. The SMILES string of the molecule is O=C1Nc2ccccc2/C1=C/c1cccc(/C=C2/C(=O)Nc3ccccc32)n1. The molecule has 5 heteroatoms. The highest BCUT2D eigenvalue weighted by Gasteiger charge is 2.24. The van der Waals surface area contributed by atoms with E-state index in [1.165, 1.54) is 0 Å². The number of fused-ring (bicyclic) bond motifs is 2. The van der Waals surface area contributed by atoms with E-state index in [1.54, 1.807) is 12.2 Å². The molecule has 0 spiro atoms. The number of carbonyl (C=O) groups is 2. The van der Waals surface area contributed by atoms with Gasteiger partial charge in [-0.1, -0.05) is 42.5 Å². The Bertz CT molecular complexity index is 1120. The zero-order chi connectivity index (χ0) is 19.1. The Balaban J connectivity index is 1.54. The topological polar surface area (TPSA) is 71.1 Å². The highest BCUT2D eigenvalue weighted by Crippen LogP contribution is 2.34. The van der Waals surface area contributed by atoms with Gasteiger partial charge < -0.3 is 10.6 Å². The van der Waals surface area contributed by atoms with E-state index in [9.17, 15) is 9.59 Å². The molecule has 0 saturated carbocycles. The molecule has 3 heterocycles. The monoisotopic (exact) mass is 365 g/mol. The lowest BCUT2D eigenvalue weighted by Gasteiger charge is -2.01. The smallest absolute Gasteiger partial charge is 0.256 e. The van der Waals surface area contributed by atoms with Crippen molar-refractivity contribution in [3.63, 3.8) is 0 Å². The molecular weight excluding hydrogens is 350 g/mol. The Labute approximate surface area is 161 Å². The van der Waals surface area contributed by atoms with Crippen LogP contribution in [0.4, 0.5) is 11.4 Å². The van der Waals surface area contributed by atoms with E-state index < -0.39 is 0 Å². The number of nitrogens with zero attached hydrogens (tertiary/aromatic N) is 1. The second kappa shape index (κ2) is 6.32. The predicted octanol–water partition coefficient (Wildman–Crippen LogP) is 4.07. The van der Waals surface area contributed by atoms with Crippen LogP contribution in [0.2, 0.25) is 0 Å². The number of anilines is 2. The Morgan fingerprint density at radius 1 is 0.607 bits per heavy atom. The van der Waals surface area contributed by atoms with Gasteiger partial charge >= 0.3 is 0 Å². The van der Waals surface area contributed by atoms with Gasteiger partial charge in [0.05, 0.1) is 22.5 Å². The summed E-state index contributed by atoms with van der Waals surface area (Å²) in [6.45, 7) is 0. The number of carbonyl (C=O) groups excluding carboxylic acids is 2. The Morgan fingerprint density at radius 2 is 1.07 bits per heavy atom. The molecule has 5 nitrogen and oxygen atoms in total. The van der Waals surface area contributed by atoms with Crippen LogP contribution in [0.3, 0.4) is 0 Å². The van der Waals surface area contributed by atoms with E-state index in [0.29, 0.717) is 22.5 Å². The highest BCUT2D eigenvalue weighted by atomic mass is 16.2. The lowest BCUT2D eigenvalue weighted by molar-refractivity contribution is -0.111. The van der Waals surface area contributed by atoms with Gasteiger partial charge in [-0.2, -0.15) is 0 Å². The summed E-state index contributed by atoms with van der Waals surface area (Å²) in [6, 6.07) is 20.7. The molecule has 0 saturated heterocycles. The molecule has 5 rings (SSSR count). The molecule has 134 valence electrons. The zero-order valence-electron chi connectivity index (χ0n) is 14.8. The van der Waals surface area contributed by atoms with Crippen molar-refractivity contribution in [1.29, 1.82) is 0 Å². The standard InChI is InChI=1S/C23H15N3O2/c27-22-18(16-8-1-3-10-20(16)25-22)12-14-6-5-7-15(24-14)13-19-17-9-2-4-11-21(17)26-23(19)28/h1-13H,(H,25,27)(H,26,28)/b18-12-,19-13+. The summed E-state index contributed by atoms with van der Waals surface area (Å²) in [4.78, 5) is 29.2. The van der Waals surface area contributed by atoms with Crippen molar-refractivity contribution < 1.29 is 9.59 Å². The summed E-state index contributed by atoms with van der Waals surface area (Å²) in [5, 5.41) is 5.72. The first-order valence-electron chi connectivity index (χ1n) is 8.91. The van der Waals surface area contributed by atoms with Gasteiger partial charge in [-0.05, 0) is 36.4 Å². The lowest BCUT2D eigenvalue weighted by Crippen LogP contribution is -2.04. The van der Waals surface area contributed by atoms with Crippen LogP contribution in [0.15, 0.2) is 66.7 Å². The van der Waals surface area contributed by atoms with Crippen molar-refractivity contribution in [2.24, 2.45) is 0 Å². The fourth-order valence-corrected chi connectivity index (χ4v) is 3.49. The van der Waals surface area contributed by atoms with E-state index in [1.807, 2.05) is 66.7 Å². The number of para-hydroxylation sites is 2. The molecule has 0 unspecified atom stereocenters. The zero-order valence-corrected chi connectivity index (χ0v) is 14.8. The van der Waals surface area contributed by atoms with Crippen LogP contribution >= 0.6 is 0 Å². The van der Waals surface area contributed by atoms with Gasteiger partial charge in [0.25, 0.3) is 11.8 Å². The van der Waals surface area contributed by atoms with Crippen molar-refractivity contribution in [2.45, 2.75) is 0 Å². The third-order valence-corrected chi connectivity index (χ3v) is 4.80. The maximum absolute atomic E-state index is 12.3. The number of nitrogens with one attached hydrogen (secondary N) is 2. The van der Waals surface area contributed by atoms with Crippen molar-refractivity contribution in [2.75, 3.05) is 10.6 Å². The third-order valence-electron chi connectivity index (χ3n) is 4.80. The molecule has 28 heavy (non-hydrogen) atoms. The fourth-order valence-electron chi connectivity index (χ4n) is 3.49. The molecule has 2 amide bonds. The second-order valence-electron chi connectivity index (χ2n) is 6.60. The predicted molar refractivity (Wildman–Crippen MR) is 110 cm³/mol. The maximum Gasteiger partial charge on any atom is 0.256 e. The maximum atomic E-state index is 12.3. The van der Waals surface area contributed by atoms with E-state index in [0.717, 1.165) is 22.5 Å². The molecule has 2 N–H and O–H groups in total. The molecule has 2 aliphatic rings. The van der Waals surface area contributed by atoms with Gasteiger partial charge in [0.2, 0.25) is 0 Å². The van der Waals surface area contributed by atoms with Gasteiger partial charge in [0.1, 0.15) is 0 Å². The quantitative estimate of drug-likeness (QED) is 0.673. The van der Waals surface area contributed by atoms with Crippen LogP contribution < -0.4 is 10.6 Å². The summed E-state index contributed by atoms with van der Waals surface area (Å²) in [6.07, 6.45) is 3.54. The van der Waals surface area contributed by atoms with E-state index in [2.05, 4.69) is 15.6 Å². The van der Waals surface area contributed by atoms with Gasteiger partial charge in [-0.3, -0.25) is 9.59 Å². The first-order chi connectivity index (χ1) is 13.7. The van der Waals surface area contributed by atoms with E-state index >= 15 is 0 Å². The van der Waals surface area contributed by atoms with Crippen molar-refractivity contribution in [3.8, 4) is 0 Å². The van der Waals surface area contributed by atoms with Crippen LogP contribution in [0, 0.1) is 0 Å². The largest absolute Gasteiger partial charge is 0.321 e. The van der Waals surface area contributed by atoms with Crippen LogP contribution in [0.5, 0.6) is 0 Å². The number of pyridine rings is 1. The first-order valence-corrected chi connectivity index (χ1v) is 8.91. The summed E-state index contributed by atoms with van der Waals surface area (Å²) >= 11 is 0. The number of amides is 2. The Hall–Kier alpha value is -3.99. The van der Waals surface area contributed by atoms with Gasteiger partial charge in [-0.15, -0.1) is 0 Å². The average Bonchev–Trinajstić information content (AvgIpc) is 3.19. The third kappa shape index (κ3) is 2.70. The van der Waals surface area contributed by atoms with E-state index in [-0.39, 0.29) is 11.8 Å². The number of benzene rings is 2. The fraction of sp³-hybridized carbons (Fsp3) is 0. The van der Waals surface area contributed by atoms with Gasteiger partial charge in [0, 0.05) is 22.5 Å². The number of aromatic nitrogens is 1. The van der Waals surface area contributed by atoms with Crippen LogP contribution in [0.1, 0.15) is 22.5 Å². The minimum Gasteiger partial charge on any atom is -0.321 e. The summed E-state index contributed by atoms with van der Waals surface area (Å²) < 4.78 is 0. The molecule has 0 atom stereocenters. The minimum absolute atomic E-state index is 0.143. The molecule has 1 aromatic heterocycles. The minimum atomic E-state index is -0.143. The van der Waals surface area contributed by atoms with Crippen molar-refractivity contribution >= 4 is 46.5 Å².